The summed E-state index contributed by atoms with van der Waals surface area (Å²) in [5.41, 5.74) is 2.19. The molecule has 0 fully saturated rings. The number of hydrogen-bond donors (Lipinski definition) is 3. The van der Waals surface area contributed by atoms with E-state index in [0.29, 0.717) is 18.6 Å². The summed E-state index contributed by atoms with van der Waals surface area (Å²) in [5, 5.41) is 20.9. The van der Waals surface area contributed by atoms with Crippen LogP contribution in [0.1, 0.15) is 123 Å². The van der Waals surface area contributed by atoms with Crippen molar-refractivity contribution in [3.8, 4) is 5.75 Å². The molecule has 31 heavy (non-hydrogen) atoms. The Kier molecular flexibility index (Phi) is 10.5. The van der Waals surface area contributed by atoms with Crippen LogP contribution < -0.4 is 0 Å². The predicted octanol–water partition coefficient (Wildman–Crippen LogP) is 7.81. The second kappa shape index (κ2) is 11.6. The van der Waals surface area contributed by atoms with E-state index in [2.05, 4.69) is 61.1 Å². The van der Waals surface area contributed by atoms with Crippen molar-refractivity contribution in [3.63, 3.8) is 0 Å². The maximum absolute atomic E-state index is 12.2. The van der Waals surface area contributed by atoms with Gasteiger partial charge in [0.25, 0.3) is 0 Å². The standard InChI is InChI=1S/C27H46O3S/c1-8-9-10-11-12-13-14-15-16-27(31,24(29)30)19-20-17-21(25(2,3)4)23(28)22(18-20)26(5,6)7/h17-18,28,31H,8-16,19H2,1-7H3,(H,29,30). The van der Waals surface area contributed by atoms with Crippen molar-refractivity contribution >= 4 is 18.6 Å². The molecule has 0 heterocycles. The van der Waals surface area contributed by atoms with Crippen LogP contribution in [0.4, 0.5) is 0 Å². The van der Waals surface area contributed by atoms with E-state index in [1.54, 1.807) is 0 Å². The van der Waals surface area contributed by atoms with Gasteiger partial charge in [0.2, 0.25) is 0 Å². The number of phenols is 1. The van der Waals surface area contributed by atoms with Crippen LogP contribution in [0.25, 0.3) is 0 Å². The first-order valence-electron chi connectivity index (χ1n) is 12.0. The van der Waals surface area contributed by atoms with Gasteiger partial charge >= 0.3 is 5.97 Å². The topological polar surface area (TPSA) is 57.5 Å². The Labute approximate surface area is 196 Å². The Morgan fingerprint density at radius 1 is 0.839 bits per heavy atom. The summed E-state index contributed by atoms with van der Waals surface area (Å²) in [7, 11) is 0. The first-order valence-corrected chi connectivity index (χ1v) is 12.5. The van der Waals surface area contributed by atoms with Crippen molar-refractivity contribution in [2.24, 2.45) is 0 Å². The van der Waals surface area contributed by atoms with Gasteiger partial charge in [0, 0.05) is 0 Å². The molecule has 0 aliphatic heterocycles. The Bertz CT molecular complexity index is 677. The second-order valence-electron chi connectivity index (χ2n) is 11.3. The summed E-state index contributed by atoms with van der Waals surface area (Å²) in [6.45, 7) is 14.7. The zero-order valence-electron chi connectivity index (χ0n) is 21.0. The highest BCUT2D eigenvalue weighted by molar-refractivity contribution is 7.82. The molecule has 0 aliphatic carbocycles. The molecule has 4 heteroatoms. The van der Waals surface area contributed by atoms with E-state index >= 15 is 0 Å². The number of rotatable bonds is 12. The molecule has 0 saturated carbocycles. The van der Waals surface area contributed by atoms with Crippen molar-refractivity contribution < 1.29 is 15.0 Å². The molecule has 0 aromatic heterocycles. The molecule has 0 bridgehead atoms. The number of thiol groups is 1. The monoisotopic (exact) mass is 450 g/mol. The molecule has 0 saturated heterocycles. The van der Waals surface area contributed by atoms with Crippen LogP contribution in [-0.4, -0.2) is 20.9 Å². The van der Waals surface area contributed by atoms with Crippen LogP contribution in [-0.2, 0) is 22.0 Å². The third-order valence-corrected chi connectivity index (χ3v) is 6.70. The summed E-state index contributed by atoms with van der Waals surface area (Å²) in [4.78, 5) is 12.2. The lowest BCUT2D eigenvalue weighted by atomic mass is 9.77. The van der Waals surface area contributed by atoms with E-state index in [0.717, 1.165) is 36.0 Å². The number of carboxylic acids is 1. The maximum atomic E-state index is 12.2. The molecule has 1 unspecified atom stereocenters. The fourth-order valence-corrected chi connectivity index (χ4v) is 4.44. The van der Waals surface area contributed by atoms with Crippen LogP contribution >= 0.6 is 12.6 Å². The molecule has 178 valence electrons. The second-order valence-corrected chi connectivity index (χ2v) is 12.1. The lowest BCUT2D eigenvalue weighted by molar-refractivity contribution is -0.140. The van der Waals surface area contributed by atoms with Gasteiger partial charge in [-0.15, -0.1) is 0 Å². The minimum atomic E-state index is -1.09. The Morgan fingerprint density at radius 3 is 1.65 bits per heavy atom. The average Bonchev–Trinajstić information content (AvgIpc) is 2.63. The fourth-order valence-electron chi connectivity index (χ4n) is 4.10. The predicted molar refractivity (Wildman–Crippen MR) is 136 cm³/mol. The normalized spacial score (nSPS) is 14.5. The van der Waals surface area contributed by atoms with Crippen molar-refractivity contribution in [1.29, 1.82) is 0 Å². The highest BCUT2D eigenvalue weighted by Gasteiger charge is 2.35. The molecule has 0 spiro atoms. The summed E-state index contributed by atoms with van der Waals surface area (Å²) in [6.07, 6.45) is 10.4. The number of unbranched alkanes of at least 4 members (excludes halogenated alkanes) is 7. The zero-order chi connectivity index (χ0) is 23.9. The number of carbonyl (C=O) groups is 1. The van der Waals surface area contributed by atoms with E-state index in [1.807, 2.05) is 12.1 Å². The van der Waals surface area contributed by atoms with Gasteiger partial charge in [-0.1, -0.05) is 112 Å². The Morgan fingerprint density at radius 2 is 1.26 bits per heavy atom. The molecule has 0 amide bonds. The van der Waals surface area contributed by atoms with Crippen LogP contribution in [0.15, 0.2) is 12.1 Å². The lowest BCUT2D eigenvalue weighted by Gasteiger charge is -2.30. The largest absolute Gasteiger partial charge is 0.507 e. The molecule has 2 N–H and O–H groups in total. The molecular formula is C27H46O3S. The summed E-state index contributed by atoms with van der Waals surface area (Å²) in [6, 6.07) is 3.96. The van der Waals surface area contributed by atoms with Gasteiger partial charge in [0.1, 0.15) is 10.5 Å². The van der Waals surface area contributed by atoms with Gasteiger partial charge in [-0.25, -0.2) is 0 Å². The van der Waals surface area contributed by atoms with Gasteiger partial charge in [0.15, 0.2) is 0 Å². The van der Waals surface area contributed by atoms with Gasteiger partial charge in [0.05, 0.1) is 0 Å². The van der Waals surface area contributed by atoms with Crippen molar-refractivity contribution in [2.45, 2.75) is 128 Å². The number of benzene rings is 1. The lowest BCUT2D eigenvalue weighted by Crippen LogP contribution is -2.35. The third-order valence-electron chi connectivity index (χ3n) is 6.12. The van der Waals surface area contributed by atoms with Crippen molar-refractivity contribution in [2.75, 3.05) is 0 Å². The van der Waals surface area contributed by atoms with Gasteiger partial charge in [-0.3, -0.25) is 4.79 Å². The van der Waals surface area contributed by atoms with Crippen LogP contribution in [0.3, 0.4) is 0 Å². The first-order chi connectivity index (χ1) is 14.2. The van der Waals surface area contributed by atoms with Crippen LogP contribution in [0, 0.1) is 0 Å². The van der Waals surface area contributed by atoms with Crippen LogP contribution in [0.2, 0.25) is 0 Å². The minimum absolute atomic E-state index is 0.236. The van der Waals surface area contributed by atoms with E-state index in [1.165, 1.54) is 32.1 Å². The number of hydrogen-bond acceptors (Lipinski definition) is 3. The van der Waals surface area contributed by atoms with Gasteiger partial charge < -0.3 is 10.2 Å². The first kappa shape index (κ1) is 27.9. The number of aromatic hydroxyl groups is 1. The molecule has 0 aliphatic rings. The summed E-state index contributed by atoms with van der Waals surface area (Å²) < 4.78 is -1.09. The SMILES string of the molecule is CCCCCCCCCCC(S)(Cc1cc(C(C)(C)C)c(O)c(C(C)(C)C)c1)C(=O)O. The highest BCUT2D eigenvalue weighted by Crippen LogP contribution is 2.41. The summed E-state index contributed by atoms with van der Waals surface area (Å²) >= 11 is 4.67. The quantitative estimate of drug-likeness (QED) is 0.225. The fraction of sp³-hybridized carbons (Fsp3) is 0.741. The van der Waals surface area contributed by atoms with E-state index in [9.17, 15) is 15.0 Å². The van der Waals surface area contributed by atoms with E-state index < -0.39 is 10.7 Å². The summed E-state index contributed by atoms with van der Waals surface area (Å²) in [5.74, 6) is -0.534. The minimum Gasteiger partial charge on any atom is -0.507 e. The Balaban J connectivity index is 2.97. The smallest absolute Gasteiger partial charge is 0.319 e. The number of carboxylic acid groups (broad SMARTS) is 1. The molecular weight excluding hydrogens is 404 g/mol. The van der Waals surface area contributed by atoms with Crippen LogP contribution in [0.5, 0.6) is 5.75 Å². The number of aliphatic carboxylic acids is 1. The van der Waals surface area contributed by atoms with Crippen molar-refractivity contribution in [1.82, 2.24) is 0 Å². The number of phenolic OH excluding ortho intramolecular Hbond substituents is 1. The van der Waals surface area contributed by atoms with E-state index in [4.69, 9.17) is 0 Å². The average molecular weight is 451 g/mol. The molecule has 3 nitrogen and oxygen atoms in total. The molecule has 1 aromatic carbocycles. The molecule has 1 aromatic rings. The molecule has 1 rings (SSSR count). The van der Waals surface area contributed by atoms with Crippen molar-refractivity contribution in [3.05, 3.63) is 28.8 Å². The molecule has 0 radical (unpaired) electrons. The third kappa shape index (κ3) is 8.71. The highest BCUT2D eigenvalue weighted by atomic mass is 32.1. The van der Waals surface area contributed by atoms with Gasteiger partial charge in [-0.05, 0) is 40.4 Å². The maximum Gasteiger partial charge on any atom is 0.319 e. The van der Waals surface area contributed by atoms with E-state index in [-0.39, 0.29) is 10.8 Å². The zero-order valence-corrected chi connectivity index (χ0v) is 21.9. The van der Waals surface area contributed by atoms with Gasteiger partial charge in [-0.2, -0.15) is 12.6 Å². The Hall–Kier alpha value is -1.16. The molecule has 1 atom stereocenters.